The number of pyridine rings is 1. The fourth-order valence-electron chi connectivity index (χ4n) is 2.96. The molecule has 0 bridgehead atoms. The Labute approximate surface area is 163 Å². The summed E-state index contributed by atoms with van der Waals surface area (Å²) in [6, 6.07) is 12.3. The Hall–Kier alpha value is -2.10. The van der Waals surface area contributed by atoms with Crippen molar-refractivity contribution >= 4 is 33.4 Å². The summed E-state index contributed by atoms with van der Waals surface area (Å²) in [6.45, 7) is 0.112. The van der Waals surface area contributed by atoms with Gasteiger partial charge >= 0.3 is 0 Å². The first-order valence-electron chi connectivity index (χ1n) is 8.62. The fourth-order valence-corrected chi connectivity index (χ4v) is 6.28. The van der Waals surface area contributed by atoms with E-state index in [1.54, 1.807) is 36.0 Å². The fraction of sp³-hybridized carbons (Fsp3) is 0.333. The Morgan fingerprint density at radius 2 is 1.89 bits per heavy atom. The van der Waals surface area contributed by atoms with Crippen molar-refractivity contribution in [3.63, 3.8) is 0 Å². The summed E-state index contributed by atoms with van der Waals surface area (Å²) in [6.07, 6.45) is 2.70. The Kier molecular flexibility index (Phi) is 6.35. The molecule has 1 aliphatic rings. The van der Waals surface area contributed by atoms with Crippen molar-refractivity contribution in [1.82, 2.24) is 10.4 Å². The molecule has 3 N–H and O–H groups in total. The molecule has 2 aromatic rings. The number of nitrogens with two attached hydrogens (primary N) is 1. The number of carbonyl (C=O) groups excluding carboxylic acids is 1. The summed E-state index contributed by atoms with van der Waals surface area (Å²) in [4.78, 5) is 15.8. The molecule has 1 aliphatic heterocycles. The maximum absolute atomic E-state index is 13.3. The van der Waals surface area contributed by atoms with E-state index in [0.717, 1.165) is 11.5 Å². The SMILES string of the molecule is NNC(=O)c1ccc(CN(c2ccccc2)S(=O)(=O)C2CCSCC2)nc1. The van der Waals surface area contributed by atoms with Gasteiger partial charge in [-0.3, -0.25) is 19.5 Å². The van der Waals surface area contributed by atoms with Crippen LogP contribution in [-0.4, -0.2) is 36.1 Å². The standard InChI is InChI=1S/C18H22N4O3S2/c19-21-18(23)14-6-7-15(20-12-14)13-22(16-4-2-1-3-5-16)27(24,25)17-8-10-26-11-9-17/h1-7,12,17H,8-11,13,19H2,(H,21,23). The number of nitrogen functional groups attached to an aromatic ring is 1. The number of hydrogen-bond acceptors (Lipinski definition) is 6. The number of aromatic nitrogens is 1. The predicted octanol–water partition coefficient (Wildman–Crippen LogP) is 1.92. The number of nitrogens with zero attached hydrogens (tertiary/aromatic N) is 2. The van der Waals surface area contributed by atoms with Crippen molar-refractivity contribution < 1.29 is 13.2 Å². The lowest BCUT2D eigenvalue weighted by atomic mass is 10.2. The maximum atomic E-state index is 13.3. The van der Waals surface area contributed by atoms with Gasteiger partial charge in [0.15, 0.2) is 0 Å². The van der Waals surface area contributed by atoms with Crippen molar-refractivity contribution in [3.05, 3.63) is 59.9 Å². The zero-order valence-electron chi connectivity index (χ0n) is 14.7. The molecule has 3 rings (SSSR count). The average molecular weight is 407 g/mol. The second-order valence-corrected chi connectivity index (χ2v) is 9.57. The van der Waals surface area contributed by atoms with Gasteiger partial charge < -0.3 is 0 Å². The first-order valence-corrected chi connectivity index (χ1v) is 11.3. The highest BCUT2D eigenvalue weighted by Gasteiger charge is 2.33. The van der Waals surface area contributed by atoms with Crippen LogP contribution in [0.3, 0.4) is 0 Å². The number of benzene rings is 1. The van der Waals surface area contributed by atoms with Gasteiger partial charge in [0, 0.05) is 6.20 Å². The van der Waals surface area contributed by atoms with Gasteiger partial charge in [-0.25, -0.2) is 14.3 Å². The number of sulfonamides is 1. The highest BCUT2D eigenvalue weighted by molar-refractivity contribution is 7.99. The van der Waals surface area contributed by atoms with E-state index in [1.807, 2.05) is 23.6 Å². The van der Waals surface area contributed by atoms with E-state index in [0.29, 0.717) is 29.8 Å². The lowest BCUT2D eigenvalue weighted by molar-refractivity contribution is 0.0953. The van der Waals surface area contributed by atoms with E-state index in [4.69, 9.17) is 5.84 Å². The van der Waals surface area contributed by atoms with Crippen molar-refractivity contribution in [3.8, 4) is 0 Å². The molecular weight excluding hydrogens is 384 g/mol. The highest BCUT2D eigenvalue weighted by Crippen LogP contribution is 2.29. The number of amides is 1. The molecule has 1 amide bonds. The van der Waals surface area contributed by atoms with Gasteiger partial charge in [-0.2, -0.15) is 11.8 Å². The molecule has 0 saturated carbocycles. The topological polar surface area (TPSA) is 105 Å². The summed E-state index contributed by atoms with van der Waals surface area (Å²) in [5.74, 6) is 6.39. The van der Waals surface area contributed by atoms with Crippen LogP contribution in [0.4, 0.5) is 5.69 Å². The highest BCUT2D eigenvalue weighted by atomic mass is 32.2. The Balaban J connectivity index is 1.90. The van der Waals surface area contributed by atoms with Crippen molar-refractivity contribution in [2.24, 2.45) is 5.84 Å². The second-order valence-electron chi connectivity index (χ2n) is 6.21. The van der Waals surface area contributed by atoms with E-state index in [-0.39, 0.29) is 11.8 Å². The second kappa shape index (κ2) is 8.73. The van der Waals surface area contributed by atoms with Crippen LogP contribution in [0.25, 0.3) is 0 Å². The van der Waals surface area contributed by atoms with Gasteiger partial charge in [-0.15, -0.1) is 0 Å². The molecule has 0 spiro atoms. The quantitative estimate of drug-likeness (QED) is 0.431. The molecule has 9 heteroatoms. The molecule has 144 valence electrons. The van der Waals surface area contributed by atoms with Gasteiger partial charge in [0.05, 0.1) is 28.7 Å². The van der Waals surface area contributed by atoms with Crippen LogP contribution in [0.2, 0.25) is 0 Å². The van der Waals surface area contributed by atoms with E-state index in [1.165, 1.54) is 10.5 Å². The third-order valence-electron chi connectivity index (χ3n) is 4.46. The normalized spacial score (nSPS) is 15.3. The molecule has 1 aromatic carbocycles. The number of anilines is 1. The van der Waals surface area contributed by atoms with E-state index < -0.39 is 15.9 Å². The molecule has 2 heterocycles. The number of nitrogens with one attached hydrogen (secondary N) is 1. The van der Waals surface area contributed by atoms with Crippen molar-refractivity contribution in [2.75, 3.05) is 15.8 Å². The molecule has 7 nitrogen and oxygen atoms in total. The van der Waals surface area contributed by atoms with E-state index >= 15 is 0 Å². The molecule has 0 atom stereocenters. The maximum Gasteiger partial charge on any atom is 0.266 e. The largest absolute Gasteiger partial charge is 0.290 e. The van der Waals surface area contributed by atoms with Crippen LogP contribution >= 0.6 is 11.8 Å². The van der Waals surface area contributed by atoms with Crippen LogP contribution in [0.15, 0.2) is 48.7 Å². The first kappa shape index (κ1) is 19.7. The van der Waals surface area contributed by atoms with Crippen LogP contribution in [0.5, 0.6) is 0 Å². The smallest absolute Gasteiger partial charge is 0.266 e. The van der Waals surface area contributed by atoms with Crippen LogP contribution in [0.1, 0.15) is 28.9 Å². The number of para-hydroxylation sites is 1. The molecule has 0 unspecified atom stereocenters. The summed E-state index contributed by atoms with van der Waals surface area (Å²) in [5, 5.41) is -0.388. The lowest BCUT2D eigenvalue weighted by Gasteiger charge is -2.30. The molecule has 0 aliphatic carbocycles. The first-order chi connectivity index (χ1) is 13.0. The number of rotatable bonds is 6. The van der Waals surface area contributed by atoms with Crippen LogP contribution in [-0.2, 0) is 16.6 Å². The third-order valence-corrected chi connectivity index (χ3v) is 7.78. The number of carbonyl (C=O) groups is 1. The number of thioether (sulfide) groups is 1. The van der Waals surface area contributed by atoms with Gasteiger partial charge in [0.1, 0.15) is 0 Å². The predicted molar refractivity (Wildman–Crippen MR) is 108 cm³/mol. The third kappa shape index (κ3) is 4.60. The van der Waals surface area contributed by atoms with Gasteiger partial charge in [-0.05, 0) is 48.6 Å². The Morgan fingerprint density at radius 3 is 2.48 bits per heavy atom. The lowest BCUT2D eigenvalue weighted by Crippen LogP contribution is -2.40. The van der Waals surface area contributed by atoms with Crippen LogP contribution in [0, 0.1) is 0 Å². The molecule has 1 fully saturated rings. The average Bonchev–Trinajstić information content (AvgIpc) is 2.73. The Bertz CT molecular complexity index is 867. The number of hydrazine groups is 1. The van der Waals surface area contributed by atoms with Gasteiger partial charge in [-0.1, -0.05) is 18.2 Å². The molecule has 0 radical (unpaired) electrons. The summed E-state index contributed by atoms with van der Waals surface area (Å²) in [7, 11) is -3.53. The minimum atomic E-state index is -3.53. The zero-order valence-corrected chi connectivity index (χ0v) is 16.4. The van der Waals surface area contributed by atoms with Crippen LogP contribution < -0.4 is 15.6 Å². The van der Waals surface area contributed by atoms with Gasteiger partial charge in [0.2, 0.25) is 10.0 Å². The molecule has 1 saturated heterocycles. The van der Waals surface area contributed by atoms with Crippen molar-refractivity contribution in [2.45, 2.75) is 24.6 Å². The van der Waals surface area contributed by atoms with E-state index in [9.17, 15) is 13.2 Å². The van der Waals surface area contributed by atoms with E-state index in [2.05, 4.69) is 4.98 Å². The zero-order chi connectivity index (χ0) is 19.3. The molecular formula is C18H22N4O3S2. The Morgan fingerprint density at radius 1 is 1.19 bits per heavy atom. The number of hydrogen-bond donors (Lipinski definition) is 2. The van der Waals surface area contributed by atoms with Gasteiger partial charge in [0.25, 0.3) is 5.91 Å². The molecule has 1 aromatic heterocycles. The summed E-state index contributed by atoms with van der Waals surface area (Å²) >= 11 is 1.79. The minimum Gasteiger partial charge on any atom is -0.290 e. The summed E-state index contributed by atoms with van der Waals surface area (Å²) in [5.41, 5.74) is 3.54. The monoisotopic (exact) mass is 406 g/mol. The van der Waals surface area contributed by atoms with Crippen molar-refractivity contribution in [1.29, 1.82) is 0 Å². The minimum absolute atomic E-state index is 0.112. The summed E-state index contributed by atoms with van der Waals surface area (Å²) < 4.78 is 28.1. The molecule has 27 heavy (non-hydrogen) atoms.